The number of furan rings is 1. The summed E-state index contributed by atoms with van der Waals surface area (Å²) in [5.41, 5.74) is 3.81. The van der Waals surface area contributed by atoms with Gasteiger partial charge in [-0.05, 0) is 46.6 Å². The van der Waals surface area contributed by atoms with Crippen LogP contribution in [0.1, 0.15) is 5.56 Å². The molecule has 3 heterocycles. The lowest BCUT2D eigenvalue weighted by Crippen LogP contribution is -1.86. The van der Waals surface area contributed by atoms with E-state index in [1.165, 1.54) is 0 Å². The quantitative estimate of drug-likeness (QED) is 0.502. The van der Waals surface area contributed by atoms with E-state index < -0.39 is 0 Å². The number of aromatic nitrogens is 2. The molecule has 0 aliphatic rings. The van der Waals surface area contributed by atoms with Crippen LogP contribution in [0.25, 0.3) is 28.1 Å². The van der Waals surface area contributed by atoms with Gasteiger partial charge >= 0.3 is 0 Å². The standard InChI is InChI=1S/C16H11BrN2O/c1-10-6-12(17)8-19-9-13(18-16(10)19)15-7-11-4-2-3-5-14(11)20-15/h2-9H,1H3. The summed E-state index contributed by atoms with van der Waals surface area (Å²) in [6, 6.07) is 12.1. The maximum atomic E-state index is 5.87. The van der Waals surface area contributed by atoms with Crippen LogP contribution in [0, 0.1) is 6.92 Å². The van der Waals surface area contributed by atoms with E-state index in [9.17, 15) is 0 Å². The molecule has 4 aromatic rings. The van der Waals surface area contributed by atoms with Crippen molar-refractivity contribution in [1.82, 2.24) is 9.38 Å². The van der Waals surface area contributed by atoms with E-state index in [0.29, 0.717) is 0 Å². The zero-order valence-electron chi connectivity index (χ0n) is 10.8. The second-order valence-electron chi connectivity index (χ2n) is 4.85. The van der Waals surface area contributed by atoms with Crippen LogP contribution in [0.3, 0.4) is 0 Å². The lowest BCUT2D eigenvalue weighted by atomic mass is 10.2. The molecule has 0 fully saturated rings. The van der Waals surface area contributed by atoms with Gasteiger partial charge in [-0.25, -0.2) is 4.98 Å². The number of nitrogens with zero attached hydrogens (tertiary/aromatic N) is 2. The van der Waals surface area contributed by atoms with Crippen LogP contribution in [0.4, 0.5) is 0 Å². The van der Waals surface area contributed by atoms with Gasteiger partial charge in [0.1, 0.15) is 16.9 Å². The maximum Gasteiger partial charge on any atom is 0.155 e. The molecular weight excluding hydrogens is 316 g/mol. The maximum absolute atomic E-state index is 5.87. The molecule has 0 aliphatic carbocycles. The fraction of sp³-hybridized carbons (Fsp3) is 0.0625. The highest BCUT2D eigenvalue weighted by Gasteiger charge is 2.11. The number of pyridine rings is 1. The molecule has 0 unspecified atom stereocenters. The molecule has 3 aromatic heterocycles. The van der Waals surface area contributed by atoms with Gasteiger partial charge in [0.15, 0.2) is 5.76 Å². The summed E-state index contributed by atoms with van der Waals surface area (Å²) in [6.07, 6.45) is 3.99. The Kier molecular flexibility index (Phi) is 2.47. The average Bonchev–Trinajstić information content (AvgIpc) is 3.01. The average molecular weight is 327 g/mol. The fourth-order valence-corrected chi connectivity index (χ4v) is 3.02. The molecule has 20 heavy (non-hydrogen) atoms. The number of aryl methyl sites for hydroxylation is 1. The third-order valence-corrected chi connectivity index (χ3v) is 3.81. The Morgan fingerprint density at radius 1 is 1.15 bits per heavy atom. The fourth-order valence-electron chi connectivity index (χ4n) is 2.45. The molecule has 3 nitrogen and oxygen atoms in total. The SMILES string of the molecule is Cc1cc(Br)cn2cc(-c3cc4ccccc4o3)nc12. The molecule has 0 saturated carbocycles. The Balaban J connectivity index is 1.95. The minimum Gasteiger partial charge on any atom is -0.454 e. The molecule has 0 N–H and O–H groups in total. The predicted molar refractivity (Wildman–Crippen MR) is 82.8 cm³/mol. The Bertz CT molecular complexity index is 903. The van der Waals surface area contributed by atoms with Gasteiger partial charge in [-0.1, -0.05) is 18.2 Å². The Morgan fingerprint density at radius 2 is 2.00 bits per heavy atom. The highest BCUT2D eigenvalue weighted by molar-refractivity contribution is 9.10. The molecule has 0 aliphatic heterocycles. The van der Waals surface area contributed by atoms with Gasteiger partial charge in [0.25, 0.3) is 0 Å². The minimum absolute atomic E-state index is 0.797. The summed E-state index contributed by atoms with van der Waals surface area (Å²) in [7, 11) is 0. The molecular formula is C16H11BrN2O. The molecule has 0 amide bonds. The van der Waals surface area contributed by atoms with E-state index in [1.54, 1.807) is 0 Å². The topological polar surface area (TPSA) is 30.4 Å². The lowest BCUT2D eigenvalue weighted by Gasteiger charge is -1.97. The van der Waals surface area contributed by atoms with Crippen molar-refractivity contribution in [2.75, 3.05) is 0 Å². The van der Waals surface area contributed by atoms with Crippen molar-refractivity contribution < 1.29 is 4.42 Å². The molecule has 0 saturated heterocycles. The van der Waals surface area contributed by atoms with E-state index >= 15 is 0 Å². The second-order valence-corrected chi connectivity index (χ2v) is 5.76. The number of para-hydroxylation sites is 1. The van der Waals surface area contributed by atoms with Crippen molar-refractivity contribution in [2.45, 2.75) is 6.92 Å². The lowest BCUT2D eigenvalue weighted by molar-refractivity contribution is 0.629. The molecule has 4 heteroatoms. The van der Waals surface area contributed by atoms with E-state index in [0.717, 1.165) is 38.1 Å². The monoisotopic (exact) mass is 326 g/mol. The summed E-state index contributed by atoms with van der Waals surface area (Å²) in [4.78, 5) is 4.67. The van der Waals surface area contributed by atoms with Crippen LogP contribution in [-0.4, -0.2) is 9.38 Å². The largest absolute Gasteiger partial charge is 0.454 e. The number of hydrogen-bond acceptors (Lipinski definition) is 2. The van der Waals surface area contributed by atoms with Crippen molar-refractivity contribution in [3.05, 3.63) is 58.8 Å². The number of hydrogen-bond donors (Lipinski definition) is 0. The van der Waals surface area contributed by atoms with Crippen LogP contribution >= 0.6 is 15.9 Å². The van der Waals surface area contributed by atoms with Crippen LogP contribution < -0.4 is 0 Å². The second kappa shape index (κ2) is 4.21. The first-order chi connectivity index (χ1) is 9.70. The first kappa shape index (κ1) is 11.7. The molecule has 0 radical (unpaired) electrons. The van der Waals surface area contributed by atoms with Crippen molar-refractivity contribution in [1.29, 1.82) is 0 Å². The summed E-state index contributed by atoms with van der Waals surface area (Å²) in [5, 5.41) is 1.09. The third-order valence-electron chi connectivity index (χ3n) is 3.38. The molecule has 1 aromatic carbocycles. The summed E-state index contributed by atoms with van der Waals surface area (Å²) < 4.78 is 8.92. The van der Waals surface area contributed by atoms with E-state index in [4.69, 9.17) is 4.42 Å². The Labute approximate surface area is 124 Å². The molecule has 0 spiro atoms. The smallest absolute Gasteiger partial charge is 0.155 e. The number of rotatable bonds is 1. The van der Waals surface area contributed by atoms with Crippen molar-refractivity contribution in [2.24, 2.45) is 0 Å². The summed E-state index contributed by atoms with van der Waals surface area (Å²) in [6.45, 7) is 2.05. The van der Waals surface area contributed by atoms with Gasteiger partial charge < -0.3 is 8.82 Å². The van der Waals surface area contributed by atoms with Crippen LogP contribution in [0.2, 0.25) is 0 Å². The molecule has 98 valence electrons. The van der Waals surface area contributed by atoms with Gasteiger partial charge in [-0.15, -0.1) is 0 Å². The van der Waals surface area contributed by atoms with E-state index in [1.807, 2.05) is 47.1 Å². The van der Waals surface area contributed by atoms with Crippen molar-refractivity contribution in [3.63, 3.8) is 0 Å². The molecule has 0 atom stereocenters. The van der Waals surface area contributed by atoms with Gasteiger partial charge in [-0.3, -0.25) is 0 Å². The minimum atomic E-state index is 0.797. The van der Waals surface area contributed by atoms with Crippen LogP contribution in [-0.2, 0) is 0 Å². The first-order valence-corrected chi connectivity index (χ1v) is 7.14. The number of halogens is 1. The number of fused-ring (bicyclic) bond motifs is 2. The van der Waals surface area contributed by atoms with Gasteiger partial charge in [-0.2, -0.15) is 0 Å². The molecule has 4 rings (SSSR count). The normalized spacial score (nSPS) is 11.5. The number of imidazole rings is 1. The summed E-state index contributed by atoms with van der Waals surface area (Å²) >= 11 is 3.50. The van der Waals surface area contributed by atoms with Crippen molar-refractivity contribution >= 4 is 32.5 Å². The number of benzene rings is 1. The Hall–Kier alpha value is -2.07. The first-order valence-electron chi connectivity index (χ1n) is 6.34. The van der Waals surface area contributed by atoms with Gasteiger partial charge in [0.2, 0.25) is 0 Å². The third kappa shape index (κ3) is 1.76. The predicted octanol–water partition coefficient (Wildman–Crippen LogP) is 4.82. The van der Waals surface area contributed by atoms with Crippen molar-refractivity contribution in [3.8, 4) is 11.5 Å². The molecule has 0 bridgehead atoms. The zero-order valence-corrected chi connectivity index (χ0v) is 12.4. The van der Waals surface area contributed by atoms with Gasteiger partial charge in [0.05, 0.1) is 0 Å². The highest BCUT2D eigenvalue weighted by Crippen LogP contribution is 2.28. The van der Waals surface area contributed by atoms with Gasteiger partial charge in [0, 0.05) is 22.3 Å². The summed E-state index contributed by atoms with van der Waals surface area (Å²) in [5.74, 6) is 0.797. The van der Waals surface area contributed by atoms with E-state index in [-0.39, 0.29) is 0 Å². The highest BCUT2D eigenvalue weighted by atomic mass is 79.9. The van der Waals surface area contributed by atoms with Crippen LogP contribution in [0.5, 0.6) is 0 Å². The Morgan fingerprint density at radius 3 is 2.85 bits per heavy atom. The van der Waals surface area contributed by atoms with Crippen LogP contribution in [0.15, 0.2) is 57.7 Å². The van der Waals surface area contributed by atoms with E-state index in [2.05, 4.69) is 33.9 Å². The zero-order chi connectivity index (χ0) is 13.7.